The molecule has 0 aromatic heterocycles. The number of morpholine rings is 1. The zero-order valence-electron chi connectivity index (χ0n) is 11.5. The Hall–Kier alpha value is -1.79. The Morgan fingerprint density at radius 1 is 1.52 bits per heavy atom. The summed E-state index contributed by atoms with van der Waals surface area (Å²) in [6.07, 6.45) is -0.972. The molecule has 7 heteroatoms. The normalized spacial score (nSPS) is 18.4. The van der Waals surface area contributed by atoms with Crippen LogP contribution in [-0.4, -0.2) is 54.3 Å². The van der Waals surface area contributed by atoms with E-state index in [9.17, 15) is 9.59 Å². The van der Waals surface area contributed by atoms with Crippen molar-refractivity contribution in [3.05, 3.63) is 28.8 Å². The molecule has 1 atom stereocenters. The van der Waals surface area contributed by atoms with E-state index < -0.39 is 12.1 Å². The van der Waals surface area contributed by atoms with Gasteiger partial charge in [-0.1, -0.05) is 11.6 Å². The Morgan fingerprint density at radius 2 is 2.29 bits per heavy atom. The maximum Gasteiger partial charge on any atom is 0.334 e. The molecule has 0 radical (unpaired) electrons. The van der Waals surface area contributed by atoms with Gasteiger partial charge >= 0.3 is 5.97 Å². The van der Waals surface area contributed by atoms with Crippen molar-refractivity contribution >= 4 is 23.5 Å². The number of halogens is 1. The van der Waals surface area contributed by atoms with Crippen LogP contribution in [0.5, 0.6) is 5.75 Å². The number of carboxylic acids is 1. The third-order valence-electron chi connectivity index (χ3n) is 3.19. The molecule has 1 saturated heterocycles. The van der Waals surface area contributed by atoms with Crippen LogP contribution in [0, 0.1) is 6.92 Å². The predicted molar refractivity (Wildman–Crippen MR) is 75.6 cm³/mol. The Labute approximate surface area is 127 Å². The lowest BCUT2D eigenvalue weighted by Gasteiger charge is -2.30. The first-order chi connectivity index (χ1) is 9.97. The molecule has 6 nitrogen and oxygen atoms in total. The minimum absolute atomic E-state index is 0.0389. The molecule has 1 aromatic carbocycles. The third kappa shape index (κ3) is 4.09. The number of carbonyl (C=O) groups is 2. The Balaban J connectivity index is 1.89. The number of amides is 1. The van der Waals surface area contributed by atoms with Gasteiger partial charge in [0.2, 0.25) is 0 Å². The third-order valence-corrected chi connectivity index (χ3v) is 3.61. The van der Waals surface area contributed by atoms with Gasteiger partial charge < -0.3 is 19.5 Å². The highest BCUT2D eigenvalue weighted by Crippen LogP contribution is 2.21. The molecule has 1 aromatic rings. The van der Waals surface area contributed by atoms with E-state index in [1.54, 1.807) is 18.2 Å². The number of nitrogens with zero attached hydrogens (tertiary/aromatic N) is 1. The fourth-order valence-electron chi connectivity index (χ4n) is 1.97. The van der Waals surface area contributed by atoms with Crippen molar-refractivity contribution in [3.8, 4) is 5.75 Å². The van der Waals surface area contributed by atoms with Gasteiger partial charge in [0.1, 0.15) is 5.75 Å². The van der Waals surface area contributed by atoms with Gasteiger partial charge in [-0.2, -0.15) is 0 Å². The highest BCUT2D eigenvalue weighted by Gasteiger charge is 2.29. The first kappa shape index (κ1) is 15.6. The molecule has 114 valence electrons. The van der Waals surface area contributed by atoms with E-state index in [0.29, 0.717) is 17.3 Å². The number of hydrogen-bond donors (Lipinski definition) is 1. The Morgan fingerprint density at radius 3 is 2.95 bits per heavy atom. The number of aliphatic carboxylic acids is 1. The van der Waals surface area contributed by atoms with E-state index in [0.717, 1.165) is 5.56 Å². The minimum atomic E-state index is -1.07. The lowest BCUT2D eigenvalue weighted by Crippen LogP contribution is -2.49. The molecule has 1 aliphatic rings. The molecular formula is C14H16ClNO5. The smallest absolute Gasteiger partial charge is 0.334 e. The summed E-state index contributed by atoms with van der Waals surface area (Å²) in [7, 11) is 0. The molecule has 0 bridgehead atoms. The largest absolute Gasteiger partial charge is 0.484 e. The molecule has 21 heavy (non-hydrogen) atoms. The standard InChI is InChI=1S/C14H16ClNO5/c1-9-6-10(2-3-11(9)15)21-8-13(17)16-4-5-20-12(7-16)14(18)19/h2-3,6,12H,4-5,7-8H2,1H3,(H,18,19). The van der Waals surface area contributed by atoms with Crippen molar-refractivity contribution < 1.29 is 24.2 Å². The fourth-order valence-corrected chi connectivity index (χ4v) is 2.09. The number of aryl methyl sites for hydroxylation is 1. The van der Waals surface area contributed by atoms with Crippen LogP contribution in [0.4, 0.5) is 0 Å². The highest BCUT2D eigenvalue weighted by atomic mass is 35.5. The van der Waals surface area contributed by atoms with E-state index >= 15 is 0 Å². The Kier molecular flexibility index (Phi) is 5.03. The van der Waals surface area contributed by atoms with Crippen LogP contribution < -0.4 is 4.74 Å². The summed E-state index contributed by atoms with van der Waals surface area (Å²) in [6, 6.07) is 5.13. The summed E-state index contributed by atoms with van der Waals surface area (Å²) in [5.74, 6) is -0.785. The van der Waals surface area contributed by atoms with Crippen molar-refractivity contribution in [2.75, 3.05) is 26.3 Å². The lowest BCUT2D eigenvalue weighted by molar-refractivity contribution is -0.159. The van der Waals surface area contributed by atoms with E-state index in [1.807, 2.05) is 6.92 Å². The molecule has 1 unspecified atom stereocenters. The van der Waals surface area contributed by atoms with Crippen LogP contribution in [0.15, 0.2) is 18.2 Å². The van der Waals surface area contributed by atoms with Crippen molar-refractivity contribution in [1.82, 2.24) is 4.90 Å². The second kappa shape index (κ2) is 6.78. The summed E-state index contributed by atoms with van der Waals surface area (Å²) in [6.45, 7) is 2.31. The van der Waals surface area contributed by atoms with Gasteiger partial charge in [-0.25, -0.2) is 4.79 Å². The number of benzene rings is 1. The van der Waals surface area contributed by atoms with Gasteiger partial charge in [0.15, 0.2) is 12.7 Å². The molecule has 0 spiro atoms. The number of hydrogen-bond acceptors (Lipinski definition) is 4. The molecule has 1 heterocycles. The van der Waals surface area contributed by atoms with Crippen LogP contribution in [0.25, 0.3) is 0 Å². The monoisotopic (exact) mass is 313 g/mol. The van der Waals surface area contributed by atoms with Gasteiger partial charge in [0.25, 0.3) is 5.91 Å². The summed E-state index contributed by atoms with van der Waals surface area (Å²) < 4.78 is 10.5. The minimum Gasteiger partial charge on any atom is -0.484 e. The second-order valence-electron chi connectivity index (χ2n) is 4.74. The lowest BCUT2D eigenvalue weighted by atomic mass is 10.2. The topological polar surface area (TPSA) is 76.1 Å². The van der Waals surface area contributed by atoms with Crippen LogP contribution >= 0.6 is 11.6 Å². The SMILES string of the molecule is Cc1cc(OCC(=O)N2CCOC(C(=O)O)C2)ccc1Cl. The van der Waals surface area contributed by atoms with E-state index in [4.69, 9.17) is 26.2 Å². The van der Waals surface area contributed by atoms with Gasteiger partial charge in [0, 0.05) is 11.6 Å². The maximum atomic E-state index is 12.0. The number of carbonyl (C=O) groups excluding carboxylic acids is 1. The molecule has 2 rings (SSSR count). The molecule has 1 fully saturated rings. The molecule has 0 aliphatic carbocycles. The summed E-state index contributed by atoms with van der Waals surface area (Å²) >= 11 is 5.91. The zero-order valence-corrected chi connectivity index (χ0v) is 12.3. The maximum absolute atomic E-state index is 12.0. The van der Waals surface area contributed by atoms with Crippen LogP contribution in [0.2, 0.25) is 5.02 Å². The van der Waals surface area contributed by atoms with E-state index in [1.165, 1.54) is 4.90 Å². The van der Waals surface area contributed by atoms with Crippen molar-refractivity contribution in [2.45, 2.75) is 13.0 Å². The van der Waals surface area contributed by atoms with Gasteiger partial charge in [-0.05, 0) is 30.7 Å². The van der Waals surface area contributed by atoms with Crippen molar-refractivity contribution in [1.29, 1.82) is 0 Å². The van der Waals surface area contributed by atoms with Crippen LogP contribution in [0.3, 0.4) is 0 Å². The molecule has 1 amide bonds. The predicted octanol–water partition coefficient (Wildman–Crippen LogP) is 1.34. The average Bonchev–Trinajstić information content (AvgIpc) is 2.48. The summed E-state index contributed by atoms with van der Waals surface area (Å²) in [4.78, 5) is 24.3. The quantitative estimate of drug-likeness (QED) is 0.908. The average molecular weight is 314 g/mol. The van der Waals surface area contributed by atoms with Crippen LogP contribution in [-0.2, 0) is 14.3 Å². The van der Waals surface area contributed by atoms with Crippen molar-refractivity contribution in [3.63, 3.8) is 0 Å². The molecule has 0 saturated carbocycles. The van der Waals surface area contributed by atoms with E-state index in [-0.39, 0.29) is 25.7 Å². The summed E-state index contributed by atoms with van der Waals surface area (Å²) in [5.41, 5.74) is 0.860. The van der Waals surface area contributed by atoms with Crippen LogP contribution in [0.1, 0.15) is 5.56 Å². The van der Waals surface area contributed by atoms with Gasteiger partial charge in [-0.15, -0.1) is 0 Å². The van der Waals surface area contributed by atoms with Crippen molar-refractivity contribution in [2.24, 2.45) is 0 Å². The Bertz CT molecular complexity index is 548. The summed E-state index contributed by atoms with van der Waals surface area (Å²) in [5, 5.41) is 9.53. The zero-order chi connectivity index (χ0) is 15.4. The molecule has 1 N–H and O–H groups in total. The first-order valence-corrected chi connectivity index (χ1v) is 6.86. The molecule has 1 aliphatic heterocycles. The van der Waals surface area contributed by atoms with Gasteiger partial charge in [0.05, 0.1) is 13.2 Å². The highest BCUT2D eigenvalue weighted by molar-refractivity contribution is 6.31. The second-order valence-corrected chi connectivity index (χ2v) is 5.14. The van der Waals surface area contributed by atoms with E-state index in [2.05, 4.69) is 0 Å². The number of rotatable bonds is 4. The fraction of sp³-hybridized carbons (Fsp3) is 0.429. The van der Waals surface area contributed by atoms with Gasteiger partial charge in [-0.3, -0.25) is 4.79 Å². The first-order valence-electron chi connectivity index (χ1n) is 6.48. The number of ether oxygens (including phenoxy) is 2. The molecular weight excluding hydrogens is 298 g/mol. The number of carboxylic acid groups (broad SMARTS) is 1.